The number of carbonyl (C=O) groups excluding carboxylic acids is 1. The molecule has 0 radical (unpaired) electrons. The number of nitrogens with zero attached hydrogens (tertiary/aromatic N) is 2. The highest BCUT2D eigenvalue weighted by atomic mass is 32.2. The summed E-state index contributed by atoms with van der Waals surface area (Å²) in [6.07, 6.45) is 2.79. The molecule has 1 aromatic carbocycles. The van der Waals surface area contributed by atoms with Gasteiger partial charge < -0.3 is 20.5 Å². The molecular weight excluding hydrogens is 426 g/mol. The molecule has 2 aromatic rings. The van der Waals surface area contributed by atoms with Crippen LogP contribution in [0.3, 0.4) is 0 Å². The van der Waals surface area contributed by atoms with Crippen LogP contribution >= 0.6 is 11.8 Å². The maximum absolute atomic E-state index is 14.4. The Bertz CT molecular complexity index is 929. The highest BCUT2D eigenvalue weighted by Crippen LogP contribution is 2.45. The number of nitrogens with two attached hydrogens (primary N) is 1. The number of aldehydes is 1. The van der Waals surface area contributed by atoms with Crippen molar-refractivity contribution >= 4 is 28.9 Å². The van der Waals surface area contributed by atoms with Gasteiger partial charge in [-0.3, -0.25) is 4.79 Å². The summed E-state index contributed by atoms with van der Waals surface area (Å²) in [6, 6.07) is 7.96. The van der Waals surface area contributed by atoms with Gasteiger partial charge in [0.2, 0.25) is 6.86 Å². The Morgan fingerprint density at radius 2 is 2.26 bits per heavy atom. The normalized spacial score (nSPS) is 22.3. The number of carbonyl (C=O) groups is 1. The Labute approximate surface area is 183 Å². The first kappa shape index (κ1) is 23.0. The molecule has 31 heavy (non-hydrogen) atoms. The van der Waals surface area contributed by atoms with Crippen molar-refractivity contribution in [1.29, 1.82) is 0 Å². The number of aliphatic imine (C=N–C) groups is 1. The fourth-order valence-corrected chi connectivity index (χ4v) is 4.59. The minimum Gasteiger partial charge on any atom is -0.461 e. The van der Waals surface area contributed by atoms with Crippen LogP contribution in [0.1, 0.15) is 22.5 Å². The number of hydrogen-bond acceptors (Lipinski definition) is 8. The van der Waals surface area contributed by atoms with E-state index in [9.17, 15) is 13.6 Å². The van der Waals surface area contributed by atoms with Crippen LogP contribution in [-0.4, -0.2) is 49.3 Å². The number of hydrogen-bond donors (Lipinski definition) is 2. The number of rotatable bonds is 5. The smallest absolute Gasteiger partial charge is 0.228 e. The zero-order valence-electron chi connectivity index (χ0n) is 17.0. The number of aromatic nitrogens is 1. The minimum atomic E-state index is -0.887. The van der Waals surface area contributed by atoms with E-state index >= 15 is 0 Å². The minimum absolute atomic E-state index is 0.247. The van der Waals surface area contributed by atoms with E-state index in [1.54, 1.807) is 17.8 Å². The van der Waals surface area contributed by atoms with Gasteiger partial charge in [0.05, 0.1) is 12.8 Å². The number of amidine groups is 1. The van der Waals surface area contributed by atoms with Gasteiger partial charge in [-0.2, -0.15) is 0 Å². The van der Waals surface area contributed by atoms with Crippen LogP contribution in [0.2, 0.25) is 0 Å². The molecule has 0 spiro atoms. The first-order valence-corrected chi connectivity index (χ1v) is 10.6. The van der Waals surface area contributed by atoms with Gasteiger partial charge in [-0.25, -0.2) is 18.8 Å². The summed E-state index contributed by atoms with van der Waals surface area (Å²) in [7, 11) is 1.82. The second-order valence-corrected chi connectivity index (χ2v) is 8.00. The summed E-state index contributed by atoms with van der Waals surface area (Å²) >= 11 is 1.55. The molecule has 2 atom stereocenters. The molecule has 3 heterocycles. The molecular formula is C21H24F2N4O3S. The number of alkyl halides is 1. The van der Waals surface area contributed by atoms with E-state index in [1.807, 2.05) is 13.1 Å². The van der Waals surface area contributed by atoms with Crippen LogP contribution in [0.5, 0.6) is 5.75 Å². The van der Waals surface area contributed by atoms with Gasteiger partial charge in [0.25, 0.3) is 0 Å². The lowest BCUT2D eigenvalue weighted by Crippen LogP contribution is -2.48. The lowest BCUT2D eigenvalue weighted by atomic mass is 9.76. The van der Waals surface area contributed by atoms with Crippen molar-refractivity contribution in [2.24, 2.45) is 16.6 Å². The number of fused-ring (bicyclic) bond motifs is 1. The highest BCUT2D eigenvalue weighted by molar-refractivity contribution is 8.13. The van der Waals surface area contributed by atoms with E-state index in [-0.39, 0.29) is 11.7 Å². The molecule has 0 bridgehead atoms. The molecule has 166 valence electrons. The first-order chi connectivity index (χ1) is 15.0. The molecule has 2 unspecified atom stereocenters. The molecule has 2 aliphatic rings. The molecule has 1 aromatic heterocycles. The lowest BCUT2D eigenvalue weighted by Gasteiger charge is -2.43. The maximum atomic E-state index is 14.4. The summed E-state index contributed by atoms with van der Waals surface area (Å²) in [4.78, 5) is 18.4. The molecule has 7 nitrogen and oxygen atoms in total. The number of thioether (sulfide) groups is 1. The third kappa shape index (κ3) is 5.31. The van der Waals surface area contributed by atoms with Crippen LogP contribution < -0.4 is 15.8 Å². The van der Waals surface area contributed by atoms with Gasteiger partial charge in [-0.15, -0.1) is 0 Å². The largest absolute Gasteiger partial charge is 0.461 e. The number of pyridine rings is 1. The van der Waals surface area contributed by atoms with E-state index in [0.29, 0.717) is 41.7 Å². The fraction of sp³-hybridized carbons (Fsp3) is 0.381. The molecule has 0 saturated carbocycles. The lowest BCUT2D eigenvalue weighted by molar-refractivity contribution is 0.00304. The standard InChI is InChI=1S/C14H18FN3OS.C7H6FNO2/c1-17-10-2-3-12(15)11(6-10)14-8-19-5-4-9(14)7-20-13(16)18-14;8-5-11-7-2-1-6(4-10)9-3-7/h2-3,6,9,17H,4-5,7-8H2,1H3,(H2,16,18);1-4H,5H2. The Hall–Kier alpha value is -2.72. The van der Waals surface area contributed by atoms with E-state index < -0.39 is 12.4 Å². The van der Waals surface area contributed by atoms with Crippen molar-refractivity contribution in [3.8, 4) is 5.75 Å². The average Bonchev–Trinajstić information content (AvgIpc) is 2.80. The molecule has 10 heteroatoms. The fourth-order valence-electron chi connectivity index (χ4n) is 3.55. The summed E-state index contributed by atoms with van der Waals surface area (Å²) < 4.78 is 36.0. The third-order valence-corrected chi connectivity index (χ3v) is 6.13. The molecule has 4 rings (SSSR count). The Balaban J connectivity index is 0.000000210. The van der Waals surface area contributed by atoms with Crippen molar-refractivity contribution in [3.63, 3.8) is 0 Å². The number of anilines is 1. The van der Waals surface area contributed by atoms with Crippen molar-refractivity contribution in [1.82, 2.24) is 4.98 Å². The Morgan fingerprint density at radius 1 is 1.42 bits per heavy atom. The predicted octanol–water partition coefficient (Wildman–Crippen LogP) is 3.36. The quantitative estimate of drug-likeness (QED) is 0.674. The highest BCUT2D eigenvalue weighted by Gasteiger charge is 2.47. The number of halogens is 2. The van der Waals surface area contributed by atoms with Crippen LogP contribution in [0, 0.1) is 11.7 Å². The Morgan fingerprint density at radius 3 is 2.94 bits per heavy atom. The molecule has 1 fully saturated rings. The summed E-state index contributed by atoms with van der Waals surface area (Å²) in [5.74, 6) is 1.19. The SMILES string of the molecule is CNc1ccc(F)c(C23COCCC2CSC(N)=N3)c1.O=Cc1ccc(OCF)cn1. The zero-order chi connectivity index (χ0) is 22.3. The topological polar surface area (TPSA) is 98.8 Å². The van der Waals surface area contributed by atoms with Crippen LogP contribution in [0.4, 0.5) is 14.5 Å². The summed E-state index contributed by atoms with van der Waals surface area (Å²) in [5, 5.41) is 3.56. The van der Waals surface area contributed by atoms with Crippen LogP contribution in [-0.2, 0) is 10.3 Å². The van der Waals surface area contributed by atoms with Gasteiger partial charge in [-0.05, 0) is 36.8 Å². The number of ether oxygens (including phenoxy) is 2. The van der Waals surface area contributed by atoms with Gasteiger partial charge in [0.15, 0.2) is 11.5 Å². The summed E-state index contributed by atoms with van der Waals surface area (Å²) in [5.41, 5.74) is 6.98. The Kier molecular flexibility index (Phi) is 7.80. The molecule has 2 aliphatic heterocycles. The maximum Gasteiger partial charge on any atom is 0.228 e. The monoisotopic (exact) mass is 450 g/mol. The van der Waals surface area contributed by atoms with E-state index in [1.165, 1.54) is 24.4 Å². The predicted molar refractivity (Wildman–Crippen MR) is 117 cm³/mol. The second kappa shape index (κ2) is 10.5. The molecule has 1 saturated heterocycles. The van der Waals surface area contributed by atoms with Crippen molar-refractivity contribution < 1.29 is 23.0 Å². The number of benzene rings is 1. The third-order valence-electron chi connectivity index (χ3n) is 5.17. The van der Waals surface area contributed by atoms with E-state index in [0.717, 1.165) is 17.9 Å². The van der Waals surface area contributed by atoms with Gasteiger partial charge in [0.1, 0.15) is 22.8 Å². The zero-order valence-corrected chi connectivity index (χ0v) is 17.8. The average molecular weight is 451 g/mol. The van der Waals surface area contributed by atoms with Crippen molar-refractivity contribution in [3.05, 3.63) is 53.6 Å². The molecule has 3 N–H and O–H groups in total. The van der Waals surface area contributed by atoms with E-state index in [2.05, 4.69) is 20.0 Å². The van der Waals surface area contributed by atoms with Crippen LogP contribution in [0.15, 0.2) is 41.5 Å². The second-order valence-electron chi connectivity index (χ2n) is 6.96. The van der Waals surface area contributed by atoms with Gasteiger partial charge in [-0.1, -0.05) is 11.8 Å². The van der Waals surface area contributed by atoms with Gasteiger partial charge >= 0.3 is 0 Å². The first-order valence-electron chi connectivity index (χ1n) is 9.66. The molecule has 0 aliphatic carbocycles. The van der Waals surface area contributed by atoms with Crippen molar-refractivity contribution in [2.75, 3.05) is 38.2 Å². The molecule has 0 amide bonds. The summed E-state index contributed by atoms with van der Waals surface area (Å²) in [6.45, 7) is 0.209. The van der Waals surface area contributed by atoms with Crippen molar-refractivity contribution in [2.45, 2.75) is 12.0 Å². The van der Waals surface area contributed by atoms with Crippen LogP contribution in [0.25, 0.3) is 0 Å². The van der Waals surface area contributed by atoms with Gasteiger partial charge in [0, 0.05) is 36.6 Å². The number of nitrogens with one attached hydrogen (secondary N) is 1. The van der Waals surface area contributed by atoms with E-state index in [4.69, 9.17) is 10.5 Å².